The highest BCUT2D eigenvalue weighted by atomic mass is 32.2. The van der Waals surface area contributed by atoms with E-state index < -0.39 is 10.8 Å². The van der Waals surface area contributed by atoms with Gasteiger partial charge in [0.25, 0.3) is 0 Å². The van der Waals surface area contributed by atoms with E-state index in [2.05, 4.69) is 15.6 Å². The van der Waals surface area contributed by atoms with Crippen molar-refractivity contribution in [2.45, 2.75) is 24.7 Å². The second kappa shape index (κ2) is 7.51. The number of rotatable bonds is 5. The van der Waals surface area contributed by atoms with Crippen molar-refractivity contribution in [3.05, 3.63) is 40.3 Å². The second-order valence-electron chi connectivity index (χ2n) is 5.04. The number of amides is 2. The normalized spacial score (nSPS) is 13.4. The maximum atomic E-state index is 11.9. The monoisotopic (exact) mass is 337 g/mol. The molecule has 7 heteroatoms. The van der Waals surface area contributed by atoms with E-state index >= 15 is 0 Å². The van der Waals surface area contributed by atoms with Gasteiger partial charge in [0.2, 0.25) is 0 Å². The molecule has 0 bridgehead atoms. The van der Waals surface area contributed by atoms with Crippen LogP contribution in [0.5, 0.6) is 0 Å². The van der Waals surface area contributed by atoms with Crippen LogP contribution >= 0.6 is 11.3 Å². The van der Waals surface area contributed by atoms with Crippen LogP contribution in [-0.4, -0.2) is 28.0 Å². The number of thiazole rings is 1. The Kier molecular flexibility index (Phi) is 5.68. The molecular weight excluding hydrogens is 318 g/mol. The SMILES string of the molecule is Cc1csc([C@H](C)CNC(=O)Nc2ccc([S@](C)=O)cc2)n1. The first-order chi connectivity index (χ1) is 10.5. The standard InChI is InChI=1S/C15H19N3O2S2/c1-10(14-17-11(2)9-21-14)8-16-15(19)18-12-4-6-13(7-5-12)22(3)20/h4-7,9-10H,8H2,1-3H3,(H2,16,18,19)/t10-,22+/m1/s1. The number of urea groups is 1. The zero-order chi connectivity index (χ0) is 16.1. The molecule has 118 valence electrons. The van der Waals surface area contributed by atoms with Gasteiger partial charge in [0.1, 0.15) is 0 Å². The molecule has 0 unspecified atom stereocenters. The minimum absolute atomic E-state index is 0.175. The summed E-state index contributed by atoms with van der Waals surface area (Å²) in [4.78, 5) is 17.0. The topological polar surface area (TPSA) is 71.1 Å². The smallest absolute Gasteiger partial charge is 0.319 e. The Morgan fingerprint density at radius 2 is 2.05 bits per heavy atom. The van der Waals surface area contributed by atoms with Crippen molar-refractivity contribution in [3.8, 4) is 0 Å². The highest BCUT2D eigenvalue weighted by molar-refractivity contribution is 7.84. The van der Waals surface area contributed by atoms with Crippen molar-refractivity contribution in [2.24, 2.45) is 0 Å². The molecule has 2 aromatic rings. The number of carbonyl (C=O) groups excluding carboxylic acids is 1. The molecule has 2 rings (SSSR count). The first kappa shape index (κ1) is 16.6. The van der Waals surface area contributed by atoms with E-state index in [-0.39, 0.29) is 11.9 Å². The van der Waals surface area contributed by atoms with Gasteiger partial charge in [-0.25, -0.2) is 9.78 Å². The minimum atomic E-state index is -1.01. The van der Waals surface area contributed by atoms with Crippen molar-refractivity contribution in [1.29, 1.82) is 0 Å². The first-order valence-corrected chi connectivity index (χ1v) is 9.30. The molecule has 22 heavy (non-hydrogen) atoms. The van der Waals surface area contributed by atoms with Gasteiger partial charge in [0, 0.05) is 51.2 Å². The van der Waals surface area contributed by atoms with E-state index in [9.17, 15) is 9.00 Å². The third kappa shape index (κ3) is 4.64. The molecule has 1 aromatic carbocycles. The van der Waals surface area contributed by atoms with E-state index in [1.54, 1.807) is 41.9 Å². The number of benzene rings is 1. The number of carbonyl (C=O) groups is 1. The quantitative estimate of drug-likeness (QED) is 0.880. The molecule has 0 aliphatic rings. The molecule has 0 saturated carbocycles. The Hall–Kier alpha value is -1.73. The molecule has 2 amide bonds. The molecule has 0 fully saturated rings. The summed E-state index contributed by atoms with van der Waals surface area (Å²) in [6, 6.07) is 6.71. The fourth-order valence-corrected chi connectivity index (χ4v) is 3.21. The van der Waals surface area contributed by atoms with Gasteiger partial charge in [-0.15, -0.1) is 11.3 Å². The van der Waals surface area contributed by atoms with Gasteiger partial charge in [-0.2, -0.15) is 0 Å². The Morgan fingerprint density at radius 3 is 2.59 bits per heavy atom. The predicted molar refractivity (Wildman–Crippen MR) is 91.1 cm³/mol. The lowest BCUT2D eigenvalue weighted by molar-refractivity contribution is 0.251. The zero-order valence-corrected chi connectivity index (χ0v) is 14.4. The largest absolute Gasteiger partial charge is 0.337 e. The molecule has 0 aliphatic carbocycles. The van der Waals surface area contributed by atoms with Crippen molar-refractivity contribution >= 4 is 33.9 Å². The summed E-state index contributed by atoms with van der Waals surface area (Å²) in [7, 11) is -1.01. The molecule has 0 radical (unpaired) electrons. The van der Waals surface area contributed by atoms with E-state index in [1.807, 2.05) is 19.2 Å². The number of anilines is 1. The highest BCUT2D eigenvalue weighted by Crippen LogP contribution is 2.19. The number of aromatic nitrogens is 1. The summed E-state index contributed by atoms with van der Waals surface area (Å²) in [6.07, 6.45) is 1.62. The number of nitrogens with one attached hydrogen (secondary N) is 2. The van der Waals surface area contributed by atoms with Gasteiger partial charge >= 0.3 is 6.03 Å². The molecule has 2 atom stereocenters. The Morgan fingerprint density at radius 1 is 1.36 bits per heavy atom. The summed E-state index contributed by atoms with van der Waals surface area (Å²) in [5.74, 6) is 0.175. The first-order valence-electron chi connectivity index (χ1n) is 6.86. The van der Waals surface area contributed by atoms with Crippen LogP contribution in [-0.2, 0) is 10.8 Å². The van der Waals surface area contributed by atoms with Crippen LogP contribution in [0.2, 0.25) is 0 Å². The molecule has 0 aliphatic heterocycles. The third-order valence-corrected chi connectivity index (χ3v) is 5.20. The summed E-state index contributed by atoms with van der Waals surface area (Å²) in [6.45, 7) is 4.51. The maximum Gasteiger partial charge on any atom is 0.319 e. The predicted octanol–water partition coefficient (Wildman–Crippen LogP) is 3.11. The summed E-state index contributed by atoms with van der Waals surface area (Å²) < 4.78 is 11.3. The molecule has 0 spiro atoms. The molecular formula is C15H19N3O2S2. The molecule has 2 N–H and O–H groups in total. The van der Waals surface area contributed by atoms with Gasteiger partial charge < -0.3 is 10.6 Å². The lowest BCUT2D eigenvalue weighted by Gasteiger charge is -2.11. The zero-order valence-electron chi connectivity index (χ0n) is 12.8. The Balaban J connectivity index is 1.83. The van der Waals surface area contributed by atoms with Crippen molar-refractivity contribution < 1.29 is 9.00 Å². The van der Waals surface area contributed by atoms with Gasteiger partial charge in [-0.3, -0.25) is 4.21 Å². The number of aryl methyl sites for hydroxylation is 1. The molecule has 1 heterocycles. The molecule has 5 nitrogen and oxygen atoms in total. The van der Waals surface area contributed by atoms with Crippen molar-refractivity contribution in [1.82, 2.24) is 10.3 Å². The van der Waals surface area contributed by atoms with E-state index in [0.29, 0.717) is 12.2 Å². The lowest BCUT2D eigenvalue weighted by Crippen LogP contribution is -2.31. The fraction of sp³-hybridized carbons (Fsp3) is 0.333. The summed E-state index contributed by atoms with van der Waals surface area (Å²) in [5, 5.41) is 8.61. The minimum Gasteiger partial charge on any atom is -0.337 e. The van der Waals surface area contributed by atoms with Crippen LogP contribution in [0.1, 0.15) is 23.5 Å². The van der Waals surface area contributed by atoms with Gasteiger partial charge in [0.15, 0.2) is 0 Å². The Bertz CT molecular complexity index is 668. The number of nitrogens with zero attached hydrogens (tertiary/aromatic N) is 1. The van der Waals surface area contributed by atoms with Crippen LogP contribution in [0, 0.1) is 6.92 Å². The average Bonchev–Trinajstić information content (AvgIpc) is 2.92. The van der Waals surface area contributed by atoms with E-state index in [0.717, 1.165) is 15.6 Å². The van der Waals surface area contributed by atoms with Gasteiger partial charge in [-0.1, -0.05) is 6.92 Å². The molecule has 0 saturated heterocycles. The van der Waals surface area contributed by atoms with Crippen LogP contribution in [0.4, 0.5) is 10.5 Å². The van der Waals surface area contributed by atoms with Crippen LogP contribution in [0.15, 0.2) is 34.5 Å². The van der Waals surface area contributed by atoms with Crippen molar-refractivity contribution in [3.63, 3.8) is 0 Å². The Labute approximate surface area is 136 Å². The van der Waals surface area contributed by atoms with Gasteiger partial charge in [0.05, 0.1) is 5.01 Å². The van der Waals surface area contributed by atoms with Crippen molar-refractivity contribution in [2.75, 3.05) is 18.1 Å². The average molecular weight is 337 g/mol. The molecule has 1 aromatic heterocycles. The third-order valence-electron chi connectivity index (χ3n) is 3.07. The van der Waals surface area contributed by atoms with Crippen LogP contribution < -0.4 is 10.6 Å². The number of hydrogen-bond acceptors (Lipinski definition) is 4. The second-order valence-corrected chi connectivity index (χ2v) is 7.31. The van der Waals surface area contributed by atoms with Crippen LogP contribution in [0.25, 0.3) is 0 Å². The van der Waals surface area contributed by atoms with Crippen LogP contribution in [0.3, 0.4) is 0 Å². The highest BCUT2D eigenvalue weighted by Gasteiger charge is 2.11. The maximum absolute atomic E-state index is 11.9. The fourth-order valence-electron chi connectivity index (χ4n) is 1.84. The summed E-state index contributed by atoms with van der Waals surface area (Å²) in [5.41, 5.74) is 1.68. The lowest BCUT2D eigenvalue weighted by atomic mass is 10.2. The van der Waals surface area contributed by atoms with Gasteiger partial charge in [-0.05, 0) is 31.2 Å². The number of hydrogen-bond donors (Lipinski definition) is 2. The summed E-state index contributed by atoms with van der Waals surface area (Å²) >= 11 is 1.61. The van der Waals surface area contributed by atoms with E-state index in [1.165, 1.54) is 0 Å². The van der Waals surface area contributed by atoms with E-state index in [4.69, 9.17) is 0 Å².